The van der Waals surface area contributed by atoms with Crippen LogP contribution in [-0.2, 0) is 4.79 Å². The molecule has 0 spiro atoms. The number of carbonyl (C=O) groups excluding carboxylic acids is 1. The van der Waals surface area contributed by atoms with Crippen molar-refractivity contribution in [3.63, 3.8) is 0 Å². The van der Waals surface area contributed by atoms with Gasteiger partial charge in [-0.1, -0.05) is 13.0 Å². The molecular formula is C16H23FN2O2. The van der Waals surface area contributed by atoms with Gasteiger partial charge in [-0.2, -0.15) is 0 Å². The first kappa shape index (κ1) is 15.8. The van der Waals surface area contributed by atoms with Crippen LogP contribution in [0, 0.1) is 5.82 Å². The fourth-order valence-corrected chi connectivity index (χ4v) is 2.54. The third-order valence-electron chi connectivity index (χ3n) is 3.71. The Bertz CT molecular complexity index is 493. The SMILES string of the molecule is CCNC(C)c1ccc(OC2CCCCNC2=O)cc1F. The average molecular weight is 294 g/mol. The Morgan fingerprint density at radius 1 is 1.48 bits per heavy atom. The van der Waals surface area contributed by atoms with Gasteiger partial charge in [-0.25, -0.2) is 4.39 Å². The monoisotopic (exact) mass is 294 g/mol. The summed E-state index contributed by atoms with van der Waals surface area (Å²) >= 11 is 0. The zero-order valence-corrected chi connectivity index (χ0v) is 12.6. The second kappa shape index (κ2) is 7.41. The smallest absolute Gasteiger partial charge is 0.261 e. The molecule has 1 aliphatic heterocycles. The van der Waals surface area contributed by atoms with Gasteiger partial charge in [-0.05, 0) is 38.8 Å². The van der Waals surface area contributed by atoms with Crippen LogP contribution in [-0.4, -0.2) is 25.1 Å². The highest BCUT2D eigenvalue weighted by Gasteiger charge is 2.22. The van der Waals surface area contributed by atoms with Gasteiger partial charge in [0.2, 0.25) is 0 Å². The van der Waals surface area contributed by atoms with Crippen molar-refractivity contribution < 1.29 is 13.9 Å². The van der Waals surface area contributed by atoms with Gasteiger partial charge in [-0.15, -0.1) is 0 Å². The van der Waals surface area contributed by atoms with Crippen molar-refractivity contribution in [3.8, 4) is 5.75 Å². The lowest BCUT2D eigenvalue weighted by molar-refractivity contribution is -0.127. The van der Waals surface area contributed by atoms with Crippen molar-refractivity contribution in [2.75, 3.05) is 13.1 Å². The molecule has 5 heteroatoms. The second-order valence-electron chi connectivity index (χ2n) is 5.36. The predicted molar refractivity (Wildman–Crippen MR) is 79.8 cm³/mol. The molecule has 2 N–H and O–H groups in total. The zero-order valence-electron chi connectivity index (χ0n) is 12.6. The minimum atomic E-state index is -0.524. The lowest BCUT2D eigenvalue weighted by atomic mass is 10.1. The highest BCUT2D eigenvalue weighted by Crippen LogP contribution is 2.23. The molecule has 0 radical (unpaired) electrons. The van der Waals surface area contributed by atoms with Crippen LogP contribution >= 0.6 is 0 Å². The highest BCUT2D eigenvalue weighted by atomic mass is 19.1. The summed E-state index contributed by atoms with van der Waals surface area (Å²) < 4.78 is 19.8. The molecule has 1 heterocycles. The summed E-state index contributed by atoms with van der Waals surface area (Å²) in [7, 11) is 0. The maximum atomic E-state index is 14.1. The van der Waals surface area contributed by atoms with Crippen molar-refractivity contribution in [1.82, 2.24) is 10.6 Å². The summed E-state index contributed by atoms with van der Waals surface area (Å²) in [6, 6.07) is 4.75. The minimum Gasteiger partial charge on any atom is -0.481 e. The van der Waals surface area contributed by atoms with Gasteiger partial charge in [0.25, 0.3) is 5.91 Å². The van der Waals surface area contributed by atoms with Crippen LogP contribution in [0.1, 0.15) is 44.7 Å². The van der Waals surface area contributed by atoms with Crippen LogP contribution in [0.5, 0.6) is 5.75 Å². The molecular weight excluding hydrogens is 271 g/mol. The first-order valence-corrected chi connectivity index (χ1v) is 7.59. The van der Waals surface area contributed by atoms with E-state index in [0.29, 0.717) is 24.3 Å². The number of rotatable bonds is 5. The molecule has 1 aliphatic rings. The summed E-state index contributed by atoms with van der Waals surface area (Å²) in [5, 5.41) is 5.98. The summed E-state index contributed by atoms with van der Waals surface area (Å²) in [5.74, 6) is -0.0185. The van der Waals surface area contributed by atoms with Gasteiger partial charge in [0.1, 0.15) is 11.6 Å². The van der Waals surface area contributed by atoms with E-state index >= 15 is 0 Å². The third-order valence-corrected chi connectivity index (χ3v) is 3.71. The molecule has 0 aliphatic carbocycles. The molecule has 2 unspecified atom stereocenters. The Labute approximate surface area is 125 Å². The molecule has 1 amide bonds. The Morgan fingerprint density at radius 2 is 2.29 bits per heavy atom. The van der Waals surface area contributed by atoms with Crippen LogP contribution < -0.4 is 15.4 Å². The van der Waals surface area contributed by atoms with E-state index in [2.05, 4.69) is 10.6 Å². The number of benzene rings is 1. The fourth-order valence-electron chi connectivity index (χ4n) is 2.54. The fraction of sp³-hybridized carbons (Fsp3) is 0.562. The predicted octanol–water partition coefficient (Wildman–Crippen LogP) is 2.54. The number of carbonyl (C=O) groups is 1. The largest absolute Gasteiger partial charge is 0.481 e. The van der Waals surface area contributed by atoms with E-state index in [0.717, 1.165) is 19.4 Å². The van der Waals surface area contributed by atoms with Crippen LogP contribution in [0.2, 0.25) is 0 Å². The summed E-state index contributed by atoms with van der Waals surface area (Å²) in [6.45, 7) is 5.37. The van der Waals surface area contributed by atoms with E-state index in [4.69, 9.17) is 4.74 Å². The quantitative estimate of drug-likeness (QED) is 0.877. The van der Waals surface area contributed by atoms with Crippen LogP contribution in [0.3, 0.4) is 0 Å². The maximum absolute atomic E-state index is 14.1. The minimum absolute atomic E-state index is 0.0507. The molecule has 21 heavy (non-hydrogen) atoms. The molecule has 2 rings (SSSR count). The highest BCUT2D eigenvalue weighted by molar-refractivity contribution is 5.81. The third kappa shape index (κ3) is 4.17. The van der Waals surface area contributed by atoms with Crippen molar-refractivity contribution in [2.45, 2.75) is 45.3 Å². The van der Waals surface area contributed by atoms with Crippen molar-refractivity contribution in [2.24, 2.45) is 0 Å². The normalized spacial score (nSPS) is 20.5. The van der Waals surface area contributed by atoms with E-state index in [-0.39, 0.29) is 17.8 Å². The molecule has 1 aromatic carbocycles. The first-order valence-electron chi connectivity index (χ1n) is 7.59. The lowest BCUT2D eigenvalue weighted by Gasteiger charge is -2.18. The Kier molecular flexibility index (Phi) is 5.56. The van der Waals surface area contributed by atoms with E-state index in [9.17, 15) is 9.18 Å². The molecule has 0 saturated carbocycles. The Hall–Kier alpha value is -1.62. The molecule has 1 saturated heterocycles. The van der Waals surface area contributed by atoms with Crippen molar-refractivity contribution >= 4 is 5.91 Å². The molecule has 2 atom stereocenters. The van der Waals surface area contributed by atoms with Gasteiger partial charge in [0.15, 0.2) is 6.10 Å². The van der Waals surface area contributed by atoms with Gasteiger partial charge >= 0.3 is 0 Å². The number of nitrogens with one attached hydrogen (secondary N) is 2. The lowest BCUT2D eigenvalue weighted by Crippen LogP contribution is -2.36. The van der Waals surface area contributed by atoms with Crippen LogP contribution in [0.4, 0.5) is 4.39 Å². The Balaban J connectivity index is 2.07. The van der Waals surface area contributed by atoms with E-state index in [1.807, 2.05) is 13.8 Å². The van der Waals surface area contributed by atoms with Gasteiger partial charge in [-0.3, -0.25) is 4.79 Å². The van der Waals surface area contributed by atoms with Crippen LogP contribution in [0.15, 0.2) is 18.2 Å². The average Bonchev–Trinajstić information content (AvgIpc) is 2.64. The number of ether oxygens (including phenoxy) is 1. The topological polar surface area (TPSA) is 50.4 Å². The summed E-state index contributed by atoms with van der Waals surface area (Å²) in [4.78, 5) is 11.8. The van der Waals surface area contributed by atoms with E-state index in [1.165, 1.54) is 6.07 Å². The molecule has 116 valence electrons. The molecule has 4 nitrogen and oxygen atoms in total. The van der Waals surface area contributed by atoms with E-state index < -0.39 is 6.10 Å². The number of hydrogen-bond acceptors (Lipinski definition) is 3. The molecule has 1 fully saturated rings. The zero-order chi connectivity index (χ0) is 15.2. The first-order chi connectivity index (χ1) is 10.1. The Morgan fingerprint density at radius 3 is 3.00 bits per heavy atom. The number of hydrogen-bond donors (Lipinski definition) is 2. The second-order valence-corrected chi connectivity index (χ2v) is 5.36. The van der Waals surface area contributed by atoms with Gasteiger partial charge < -0.3 is 15.4 Å². The van der Waals surface area contributed by atoms with Crippen molar-refractivity contribution in [1.29, 1.82) is 0 Å². The maximum Gasteiger partial charge on any atom is 0.261 e. The number of amides is 1. The molecule has 0 bridgehead atoms. The molecule has 1 aromatic rings. The van der Waals surface area contributed by atoms with Crippen molar-refractivity contribution in [3.05, 3.63) is 29.6 Å². The number of halogens is 1. The standard InChI is InChI=1S/C16H23FN2O2/c1-3-18-11(2)13-8-7-12(10-14(13)17)21-15-6-4-5-9-19-16(15)20/h7-8,10-11,15,18H,3-6,9H2,1-2H3,(H,19,20). The molecule has 0 aromatic heterocycles. The summed E-state index contributed by atoms with van der Waals surface area (Å²) in [6.07, 6.45) is 2.03. The summed E-state index contributed by atoms with van der Waals surface area (Å²) in [5.41, 5.74) is 0.606. The van der Waals surface area contributed by atoms with Gasteiger partial charge in [0, 0.05) is 24.2 Å². The van der Waals surface area contributed by atoms with Crippen LogP contribution in [0.25, 0.3) is 0 Å². The van der Waals surface area contributed by atoms with Gasteiger partial charge in [0.05, 0.1) is 0 Å². The van der Waals surface area contributed by atoms with E-state index in [1.54, 1.807) is 12.1 Å².